The van der Waals surface area contributed by atoms with Crippen LogP contribution in [0.4, 0.5) is 4.79 Å². The molecule has 1 atom stereocenters. The Morgan fingerprint density at radius 2 is 1.89 bits per heavy atom. The van der Waals surface area contributed by atoms with Crippen LogP contribution in [0.15, 0.2) is 24.3 Å². The monoisotopic (exact) mass is 266 g/mol. The Kier molecular flexibility index (Phi) is 6.74. The number of hydrogen-bond acceptors (Lipinski definition) is 3. The van der Waals surface area contributed by atoms with Crippen LogP contribution >= 0.6 is 0 Å². The predicted octanol–water partition coefficient (Wildman–Crippen LogP) is 1.44. The van der Waals surface area contributed by atoms with E-state index < -0.39 is 6.10 Å². The fraction of sp³-hybridized carbons (Fsp3) is 0.500. The van der Waals surface area contributed by atoms with Gasteiger partial charge >= 0.3 is 6.03 Å². The number of carbonyl (C=O) groups excluding carboxylic acids is 1. The molecule has 0 aromatic heterocycles. The molecule has 1 rings (SSSR count). The standard InChI is InChI=1S/C14H22N2O3/c1-11-3-5-13(6-4-11)19-10-9-16-14(18)15-8-7-12(2)17/h3-6,12,17H,7-10H2,1-2H3,(H2,15,16,18). The molecule has 0 aliphatic heterocycles. The first-order chi connectivity index (χ1) is 9.08. The van der Waals surface area contributed by atoms with E-state index >= 15 is 0 Å². The fourth-order valence-electron chi connectivity index (χ4n) is 1.43. The molecule has 5 nitrogen and oxygen atoms in total. The number of amides is 2. The van der Waals surface area contributed by atoms with Gasteiger partial charge in [-0.1, -0.05) is 17.7 Å². The molecule has 0 aliphatic rings. The molecule has 2 amide bonds. The van der Waals surface area contributed by atoms with Gasteiger partial charge in [0.05, 0.1) is 12.6 Å². The number of rotatable bonds is 7. The average Bonchev–Trinajstić information content (AvgIpc) is 2.36. The number of aliphatic hydroxyl groups excluding tert-OH is 1. The maximum Gasteiger partial charge on any atom is 0.314 e. The summed E-state index contributed by atoms with van der Waals surface area (Å²) in [7, 11) is 0. The molecule has 0 fully saturated rings. The highest BCUT2D eigenvalue weighted by Crippen LogP contribution is 2.10. The van der Waals surface area contributed by atoms with Crippen molar-refractivity contribution in [3.8, 4) is 5.75 Å². The molecule has 0 bridgehead atoms. The number of aryl methyl sites for hydroxylation is 1. The topological polar surface area (TPSA) is 70.6 Å². The Morgan fingerprint density at radius 3 is 2.53 bits per heavy atom. The highest BCUT2D eigenvalue weighted by molar-refractivity contribution is 5.73. The van der Waals surface area contributed by atoms with Crippen LogP contribution in [0.25, 0.3) is 0 Å². The van der Waals surface area contributed by atoms with Gasteiger partial charge in [0.1, 0.15) is 12.4 Å². The molecule has 1 aromatic carbocycles. The van der Waals surface area contributed by atoms with Gasteiger partial charge in [0.15, 0.2) is 0 Å². The first kappa shape index (κ1) is 15.3. The van der Waals surface area contributed by atoms with Crippen molar-refractivity contribution in [2.24, 2.45) is 0 Å². The SMILES string of the molecule is Cc1ccc(OCCNC(=O)NCCC(C)O)cc1. The van der Waals surface area contributed by atoms with E-state index in [4.69, 9.17) is 9.84 Å². The Morgan fingerprint density at radius 1 is 1.26 bits per heavy atom. The van der Waals surface area contributed by atoms with Crippen molar-refractivity contribution in [3.63, 3.8) is 0 Å². The lowest BCUT2D eigenvalue weighted by Gasteiger charge is -2.09. The van der Waals surface area contributed by atoms with Gasteiger partial charge in [-0.25, -0.2) is 4.79 Å². The van der Waals surface area contributed by atoms with Gasteiger partial charge in [0.25, 0.3) is 0 Å². The molecule has 106 valence electrons. The Labute approximate surface area is 114 Å². The van der Waals surface area contributed by atoms with Gasteiger partial charge in [0.2, 0.25) is 0 Å². The number of benzene rings is 1. The second-order valence-electron chi connectivity index (χ2n) is 4.48. The number of carbonyl (C=O) groups is 1. The van der Waals surface area contributed by atoms with Crippen molar-refractivity contribution >= 4 is 6.03 Å². The van der Waals surface area contributed by atoms with Gasteiger partial charge in [-0.2, -0.15) is 0 Å². The third kappa shape index (κ3) is 7.31. The van der Waals surface area contributed by atoms with E-state index in [1.54, 1.807) is 6.92 Å². The van der Waals surface area contributed by atoms with E-state index in [1.165, 1.54) is 5.56 Å². The molecule has 0 saturated carbocycles. The summed E-state index contributed by atoms with van der Waals surface area (Å²) in [6.07, 6.45) is 0.151. The quantitative estimate of drug-likeness (QED) is 0.654. The van der Waals surface area contributed by atoms with Crippen LogP contribution in [0.2, 0.25) is 0 Å². The van der Waals surface area contributed by atoms with Crippen LogP contribution in [-0.4, -0.2) is 36.9 Å². The molecule has 0 heterocycles. The maximum atomic E-state index is 11.3. The lowest BCUT2D eigenvalue weighted by Crippen LogP contribution is -2.38. The average molecular weight is 266 g/mol. The van der Waals surface area contributed by atoms with Gasteiger partial charge in [0, 0.05) is 6.54 Å². The summed E-state index contributed by atoms with van der Waals surface area (Å²) in [4.78, 5) is 11.3. The number of hydrogen-bond donors (Lipinski definition) is 3. The van der Waals surface area contributed by atoms with Crippen LogP contribution in [0.3, 0.4) is 0 Å². The highest BCUT2D eigenvalue weighted by atomic mass is 16.5. The minimum Gasteiger partial charge on any atom is -0.492 e. The Balaban J connectivity index is 2.07. The first-order valence-corrected chi connectivity index (χ1v) is 6.47. The minimum absolute atomic E-state index is 0.242. The maximum absolute atomic E-state index is 11.3. The van der Waals surface area contributed by atoms with Crippen LogP contribution in [0.1, 0.15) is 18.9 Å². The molecule has 1 unspecified atom stereocenters. The molecule has 0 radical (unpaired) electrons. The van der Waals surface area contributed by atoms with E-state index in [2.05, 4.69) is 10.6 Å². The van der Waals surface area contributed by atoms with Crippen molar-refractivity contribution in [2.75, 3.05) is 19.7 Å². The summed E-state index contributed by atoms with van der Waals surface area (Å²) >= 11 is 0. The zero-order chi connectivity index (χ0) is 14.1. The predicted molar refractivity (Wildman–Crippen MR) is 74.4 cm³/mol. The highest BCUT2D eigenvalue weighted by Gasteiger charge is 2.00. The summed E-state index contributed by atoms with van der Waals surface area (Å²) < 4.78 is 5.47. The van der Waals surface area contributed by atoms with Crippen LogP contribution < -0.4 is 15.4 Å². The molecule has 3 N–H and O–H groups in total. The number of ether oxygens (including phenoxy) is 1. The van der Waals surface area contributed by atoms with E-state index in [0.717, 1.165) is 5.75 Å². The lowest BCUT2D eigenvalue weighted by molar-refractivity contribution is 0.183. The van der Waals surface area contributed by atoms with Gasteiger partial charge in [-0.15, -0.1) is 0 Å². The number of urea groups is 1. The zero-order valence-electron chi connectivity index (χ0n) is 11.5. The molecule has 0 aliphatic carbocycles. The summed E-state index contributed by atoms with van der Waals surface area (Å²) in [5.74, 6) is 0.793. The third-order valence-corrected chi connectivity index (χ3v) is 2.53. The second kappa shape index (κ2) is 8.37. The number of aliphatic hydroxyl groups is 1. The van der Waals surface area contributed by atoms with Crippen molar-refractivity contribution in [2.45, 2.75) is 26.4 Å². The van der Waals surface area contributed by atoms with Gasteiger partial charge < -0.3 is 20.5 Å². The van der Waals surface area contributed by atoms with Crippen LogP contribution in [0, 0.1) is 6.92 Å². The van der Waals surface area contributed by atoms with Gasteiger partial charge in [-0.3, -0.25) is 0 Å². The molecule has 1 aromatic rings. The normalized spacial score (nSPS) is 11.7. The smallest absolute Gasteiger partial charge is 0.314 e. The van der Waals surface area contributed by atoms with Crippen molar-refractivity contribution in [3.05, 3.63) is 29.8 Å². The van der Waals surface area contributed by atoms with Crippen molar-refractivity contribution in [1.29, 1.82) is 0 Å². The second-order valence-corrected chi connectivity index (χ2v) is 4.48. The summed E-state index contributed by atoms with van der Waals surface area (Å²) in [6, 6.07) is 7.51. The summed E-state index contributed by atoms with van der Waals surface area (Å²) in [6.45, 7) is 5.03. The third-order valence-electron chi connectivity index (χ3n) is 2.53. The Bertz CT molecular complexity index is 377. The molecular formula is C14H22N2O3. The summed E-state index contributed by atoms with van der Waals surface area (Å²) in [5, 5.41) is 14.4. The van der Waals surface area contributed by atoms with E-state index in [1.807, 2.05) is 31.2 Å². The van der Waals surface area contributed by atoms with Gasteiger partial charge in [-0.05, 0) is 32.4 Å². The number of nitrogens with one attached hydrogen (secondary N) is 2. The molecule has 5 heteroatoms. The Hall–Kier alpha value is -1.75. The molecule has 19 heavy (non-hydrogen) atoms. The fourth-order valence-corrected chi connectivity index (χ4v) is 1.43. The molecular weight excluding hydrogens is 244 g/mol. The van der Waals surface area contributed by atoms with Crippen LogP contribution in [0.5, 0.6) is 5.75 Å². The van der Waals surface area contributed by atoms with E-state index in [9.17, 15) is 4.79 Å². The van der Waals surface area contributed by atoms with Crippen molar-refractivity contribution in [1.82, 2.24) is 10.6 Å². The largest absolute Gasteiger partial charge is 0.492 e. The summed E-state index contributed by atoms with van der Waals surface area (Å²) in [5.41, 5.74) is 1.18. The van der Waals surface area contributed by atoms with E-state index in [-0.39, 0.29) is 6.03 Å². The lowest BCUT2D eigenvalue weighted by atomic mass is 10.2. The van der Waals surface area contributed by atoms with Crippen molar-refractivity contribution < 1.29 is 14.6 Å². The van der Waals surface area contributed by atoms with E-state index in [0.29, 0.717) is 26.1 Å². The minimum atomic E-state index is -0.398. The molecule has 0 spiro atoms. The molecule has 0 saturated heterocycles. The first-order valence-electron chi connectivity index (χ1n) is 6.47. The zero-order valence-corrected chi connectivity index (χ0v) is 11.5. The van der Waals surface area contributed by atoms with Crippen LogP contribution in [-0.2, 0) is 0 Å².